The third kappa shape index (κ3) is 1.43. The summed E-state index contributed by atoms with van der Waals surface area (Å²) >= 11 is 0. The Hall–Kier alpha value is -1.65. The van der Waals surface area contributed by atoms with Gasteiger partial charge >= 0.3 is 0 Å². The summed E-state index contributed by atoms with van der Waals surface area (Å²) in [6.45, 7) is 0. The molecule has 0 unspecified atom stereocenters. The van der Waals surface area contributed by atoms with Crippen LogP contribution in [0, 0.1) is 15.9 Å². The number of hydrogen-bond donors (Lipinski definition) is 0. The molecule has 4 nitrogen and oxygen atoms in total. The normalized spacial score (nSPS) is 9.55. The standard InChI is InChI=1S/C6H4FNO3/c7-4-1-2-5(8(10)11)6(9)3-4/h1-3,9H/p-1. The van der Waals surface area contributed by atoms with Crippen molar-refractivity contribution in [1.29, 1.82) is 0 Å². The maximum absolute atomic E-state index is 12.2. The Kier molecular flexibility index (Phi) is 1.72. The van der Waals surface area contributed by atoms with Crippen molar-refractivity contribution in [3.63, 3.8) is 0 Å². The second-order valence-corrected chi connectivity index (χ2v) is 1.87. The number of hydrogen-bond acceptors (Lipinski definition) is 3. The average molecular weight is 156 g/mol. The van der Waals surface area contributed by atoms with Gasteiger partial charge < -0.3 is 5.11 Å². The molecular formula is C6H3FNO3-. The van der Waals surface area contributed by atoms with E-state index < -0.39 is 22.2 Å². The van der Waals surface area contributed by atoms with Crippen molar-refractivity contribution >= 4 is 5.69 Å². The largest absolute Gasteiger partial charge is 0.868 e. The zero-order valence-electron chi connectivity index (χ0n) is 5.28. The van der Waals surface area contributed by atoms with Gasteiger partial charge in [0.1, 0.15) is 5.82 Å². The highest BCUT2D eigenvalue weighted by atomic mass is 19.1. The molecule has 0 aromatic heterocycles. The van der Waals surface area contributed by atoms with Crippen molar-refractivity contribution < 1.29 is 14.4 Å². The summed E-state index contributed by atoms with van der Waals surface area (Å²) in [5, 5.41) is 20.6. The first-order chi connectivity index (χ1) is 5.11. The molecule has 0 amide bonds. The molecule has 11 heavy (non-hydrogen) atoms. The number of benzene rings is 1. The third-order valence-electron chi connectivity index (χ3n) is 1.12. The second kappa shape index (κ2) is 2.53. The van der Waals surface area contributed by atoms with Crippen LogP contribution in [-0.4, -0.2) is 4.92 Å². The molecule has 0 atom stereocenters. The van der Waals surface area contributed by atoms with E-state index in [0.29, 0.717) is 6.07 Å². The molecule has 0 bridgehead atoms. The van der Waals surface area contributed by atoms with E-state index in [1.807, 2.05) is 0 Å². The highest BCUT2D eigenvalue weighted by Gasteiger charge is 2.05. The summed E-state index contributed by atoms with van der Waals surface area (Å²) in [7, 11) is 0. The van der Waals surface area contributed by atoms with Crippen molar-refractivity contribution in [3.05, 3.63) is 34.1 Å². The fraction of sp³-hybridized carbons (Fsp3) is 0. The number of rotatable bonds is 1. The number of nitro benzene ring substituents is 1. The molecule has 0 aliphatic heterocycles. The topological polar surface area (TPSA) is 66.2 Å². The molecule has 0 fully saturated rings. The fourth-order valence-electron chi connectivity index (χ4n) is 0.639. The predicted octanol–water partition coefficient (Wildman–Crippen LogP) is 0.807. The molecule has 0 N–H and O–H groups in total. The smallest absolute Gasteiger partial charge is 0.261 e. The van der Waals surface area contributed by atoms with Gasteiger partial charge in [-0.2, -0.15) is 0 Å². The van der Waals surface area contributed by atoms with E-state index in [2.05, 4.69) is 0 Å². The van der Waals surface area contributed by atoms with E-state index in [-0.39, 0.29) is 0 Å². The summed E-state index contributed by atoms with van der Waals surface area (Å²) in [6, 6.07) is 2.30. The van der Waals surface area contributed by atoms with Crippen LogP contribution >= 0.6 is 0 Å². The van der Waals surface area contributed by atoms with Gasteiger partial charge in [0.25, 0.3) is 5.69 Å². The molecule has 0 radical (unpaired) electrons. The maximum atomic E-state index is 12.2. The van der Waals surface area contributed by atoms with Gasteiger partial charge in [-0.1, -0.05) is 0 Å². The van der Waals surface area contributed by atoms with Crippen LogP contribution in [0.15, 0.2) is 18.2 Å². The Morgan fingerprint density at radius 3 is 2.55 bits per heavy atom. The van der Waals surface area contributed by atoms with Gasteiger partial charge in [-0.25, -0.2) is 4.39 Å². The quantitative estimate of drug-likeness (QED) is 0.446. The molecule has 1 rings (SSSR count). The average Bonchev–Trinajstić information content (AvgIpc) is 1.85. The van der Waals surface area contributed by atoms with Gasteiger partial charge in [0, 0.05) is 6.07 Å². The molecule has 5 heteroatoms. The summed E-state index contributed by atoms with van der Waals surface area (Å²) in [6.07, 6.45) is 0. The maximum Gasteiger partial charge on any atom is 0.261 e. The minimum Gasteiger partial charge on any atom is -0.868 e. The molecule has 0 spiro atoms. The molecule has 0 saturated heterocycles. The zero-order valence-corrected chi connectivity index (χ0v) is 5.28. The lowest BCUT2D eigenvalue weighted by Crippen LogP contribution is -1.97. The predicted molar refractivity (Wildman–Crippen MR) is 32.5 cm³/mol. The number of nitrogens with zero attached hydrogens (tertiary/aromatic N) is 1. The van der Waals surface area contributed by atoms with E-state index in [4.69, 9.17) is 0 Å². The van der Waals surface area contributed by atoms with Crippen molar-refractivity contribution in [1.82, 2.24) is 0 Å². The first kappa shape index (κ1) is 7.46. The lowest BCUT2D eigenvalue weighted by molar-refractivity contribution is -0.398. The number of nitro groups is 1. The summed E-state index contributed by atoms with van der Waals surface area (Å²) < 4.78 is 12.2. The van der Waals surface area contributed by atoms with Gasteiger partial charge in [-0.3, -0.25) is 10.1 Å². The van der Waals surface area contributed by atoms with E-state index in [0.717, 1.165) is 12.1 Å². The van der Waals surface area contributed by atoms with E-state index >= 15 is 0 Å². The van der Waals surface area contributed by atoms with Gasteiger partial charge in [0.05, 0.1) is 4.92 Å². The first-order valence-electron chi connectivity index (χ1n) is 2.72. The number of halogens is 1. The van der Waals surface area contributed by atoms with Crippen LogP contribution in [0.1, 0.15) is 0 Å². The molecule has 0 aliphatic carbocycles. The van der Waals surface area contributed by atoms with E-state index in [1.165, 1.54) is 0 Å². The van der Waals surface area contributed by atoms with Gasteiger partial charge in [-0.15, -0.1) is 0 Å². The van der Waals surface area contributed by atoms with Crippen LogP contribution in [-0.2, 0) is 0 Å². The van der Waals surface area contributed by atoms with Crippen LogP contribution in [0.3, 0.4) is 0 Å². The summed E-state index contributed by atoms with van der Waals surface area (Å²) in [5.74, 6) is -1.67. The van der Waals surface area contributed by atoms with E-state index in [9.17, 15) is 19.6 Å². The molecule has 0 aliphatic rings. The Morgan fingerprint density at radius 2 is 2.09 bits per heavy atom. The highest BCUT2D eigenvalue weighted by Crippen LogP contribution is 2.22. The van der Waals surface area contributed by atoms with Crippen LogP contribution in [0.4, 0.5) is 10.1 Å². The first-order valence-corrected chi connectivity index (χ1v) is 2.72. The Morgan fingerprint density at radius 1 is 1.45 bits per heavy atom. The third-order valence-corrected chi connectivity index (χ3v) is 1.12. The zero-order chi connectivity index (χ0) is 8.43. The summed E-state index contributed by atoms with van der Waals surface area (Å²) in [5.41, 5.74) is -0.605. The lowest BCUT2D eigenvalue weighted by atomic mass is 10.3. The molecule has 1 aromatic rings. The van der Waals surface area contributed by atoms with Gasteiger partial charge in [-0.05, 0) is 17.9 Å². The van der Waals surface area contributed by atoms with Gasteiger partial charge in [0.2, 0.25) is 0 Å². The van der Waals surface area contributed by atoms with Crippen LogP contribution in [0.2, 0.25) is 0 Å². The lowest BCUT2D eigenvalue weighted by Gasteiger charge is -2.04. The molecular weight excluding hydrogens is 153 g/mol. The molecule has 58 valence electrons. The van der Waals surface area contributed by atoms with Crippen molar-refractivity contribution in [3.8, 4) is 5.75 Å². The minimum atomic E-state index is -0.907. The van der Waals surface area contributed by atoms with Gasteiger partial charge in [0.15, 0.2) is 0 Å². The molecule has 1 aromatic carbocycles. The minimum absolute atomic E-state index is 0.581. The van der Waals surface area contributed by atoms with Crippen LogP contribution in [0.25, 0.3) is 0 Å². The Balaban J connectivity index is 3.20. The van der Waals surface area contributed by atoms with Crippen molar-refractivity contribution in [2.45, 2.75) is 0 Å². The fourth-order valence-corrected chi connectivity index (χ4v) is 0.639. The SMILES string of the molecule is O=[N+]([O-])c1ccc(F)cc1[O-]. The van der Waals surface area contributed by atoms with Crippen molar-refractivity contribution in [2.24, 2.45) is 0 Å². The summed E-state index contributed by atoms with van der Waals surface area (Å²) in [4.78, 5) is 9.17. The van der Waals surface area contributed by atoms with Crippen molar-refractivity contribution in [2.75, 3.05) is 0 Å². The Bertz CT molecular complexity index is 300. The molecule has 0 saturated carbocycles. The monoisotopic (exact) mass is 156 g/mol. The van der Waals surface area contributed by atoms with Crippen LogP contribution < -0.4 is 5.11 Å². The Labute approximate surface area is 61.0 Å². The van der Waals surface area contributed by atoms with E-state index in [1.54, 1.807) is 0 Å². The van der Waals surface area contributed by atoms with Crippen LogP contribution in [0.5, 0.6) is 5.75 Å². The molecule has 0 heterocycles. The highest BCUT2D eigenvalue weighted by molar-refractivity contribution is 5.43. The second-order valence-electron chi connectivity index (χ2n) is 1.87.